The van der Waals surface area contributed by atoms with Gasteiger partial charge in [0.1, 0.15) is 17.3 Å². The minimum absolute atomic E-state index is 0.247. The molecule has 0 spiro atoms. The molecule has 27 heavy (non-hydrogen) atoms. The molecule has 8 heteroatoms. The van der Waals surface area contributed by atoms with Crippen molar-refractivity contribution >= 4 is 21.7 Å². The molecule has 3 rings (SSSR count). The van der Waals surface area contributed by atoms with Gasteiger partial charge in [-0.2, -0.15) is 0 Å². The standard InChI is InChI=1S/C19H14FNO5S/c20-18-11-10-16(12-17(18)19(22)23)27(24,25)21-13-6-8-15(9-7-13)26-14-4-2-1-3-5-14/h1-12,21H,(H,22,23). The van der Waals surface area contributed by atoms with Crippen LogP contribution in [0.15, 0.2) is 77.7 Å². The lowest BCUT2D eigenvalue weighted by Gasteiger charge is -2.10. The van der Waals surface area contributed by atoms with Crippen LogP contribution in [-0.2, 0) is 10.0 Å². The molecular weight excluding hydrogens is 373 g/mol. The predicted octanol–water partition coefficient (Wildman–Crippen LogP) is 4.12. The molecule has 0 aliphatic carbocycles. The van der Waals surface area contributed by atoms with E-state index in [1.54, 1.807) is 24.3 Å². The first-order valence-electron chi connectivity index (χ1n) is 7.74. The monoisotopic (exact) mass is 387 g/mol. The zero-order chi connectivity index (χ0) is 19.4. The molecule has 0 bridgehead atoms. The van der Waals surface area contributed by atoms with Crippen molar-refractivity contribution in [1.82, 2.24) is 0 Å². The molecule has 0 radical (unpaired) electrons. The molecule has 0 saturated heterocycles. The van der Waals surface area contributed by atoms with Crippen molar-refractivity contribution in [2.75, 3.05) is 4.72 Å². The lowest BCUT2D eigenvalue weighted by Crippen LogP contribution is -2.14. The summed E-state index contributed by atoms with van der Waals surface area (Å²) in [7, 11) is -4.08. The number of anilines is 1. The number of aromatic carboxylic acids is 1. The van der Waals surface area contributed by atoms with Crippen molar-refractivity contribution in [2.24, 2.45) is 0 Å². The number of halogens is 1. The van der Waals surface area contributed by atoms with Crippen LogP contribution in [0.3, 0.4) is 0 Å². The number of carboxylic acids is 1. The minimum atomic E-state index is -4.08. The van der Waals surface area contributed by atoms with Crippen LogP contribution in [0, 0.1) is 5.82 Å². The molecule has 0 aliphatic heterocycles. The number of carbonyl (C=O) groups is 1. The largest absolute Gasteiger partial charge is 0.478 e. The Morgan fingerprint density at radius 1 is 0.926 bits per heavy atom. The summed E-state index contributed by atoms with van der Waals surface area (Å²) in [6, 6.07) is 17.8. The zero-order valence-electron chi connectivity index (χ0n) is 13.8. The van der Waals surface area contributed by atoms with Gasteiger partial charge in [-0.25, -0.2) is 17.6 Å². The highest BCUT2D eigenvalue weighted by atomic mass is 32.2. The maximum atomic E-state index is 13.4. The quantitative estimate of drug-likeness (QED) is 0.664. The van der Waals surface area contributed by atoms with E-state index in [1.807, 2.05) is 18.2 Å². The molecule has 0 aliphatic rings. The molecule has 2 N–H and O–H groups in total. The Hall–Kier alpha value is -3.39. The summed E-state index contributed by atoms with van der Waals surface area (Å²) >= 11 is 0. The van der Waals surface area contributed by atoms with E-state index in [4.69, 9.17) is 9.84 Å². The average molecular weight is 387 g/mol. The predicted molar refractivity (Wildman–Crippen MR) is 97.1 cm³/mol. The van der Waals surface area contributed by atoms with E-state index < -0.39 is 27.4 Å². The highest BCUT2D eigenvalue weighted by Gasteiger charge is 2.19. The lowest BCUT2D eigenvalue weighted by atomic mass is 10.2. The molecular formula is C19H14FNO5S. The first kappa shape index (κ1) is 18.4. The van der Waals surface area contributed by atoms with Gasteiger partial charge in [-0.15, -0.1) is 0 Å². The summed E-state index contributed by atoms with van der Waals surface area (Å²) in [6.07, 6.45) is 0. The smallest absolute Gasteiger partial charge is 0.338 e. The maximum Gasteiger partial charge on any atom is 0.338 e. The summed E-state index contributed by atoms with van der Waals surface area (Å²) in [5.74, 6) is -1.41. The van der Waals surface area contributed by atoms with Gasteiger partial charge >= 0.3 is 5.97 Å². The van der Waals surface area contributed by atoms with Crippen LogP contribution < -0.4 is 9.46 Å². The van der Waals surface area contributed by atoms with Gasteiger partial charge in [0.25, 0.3) is 10.0 Å². The summed E-state index contributed by atoms with van der Waals surface area (Å²) < 4.78 is 46.2. The van der Waals surface area contributed by atoms with E-state index >= 15 is 0 Å². The van der Waals surface area contributed by atoms with Gasteiger partial charge in [0.2, 0.25) is 0 Å². The van der Waals surface area contributed by atoms with Crippen LogP contribution in [0.1, 0.15) is 10.4 Å². The third-order valence-corrected chi connectivity index (χ3v) is 4.94. The fraction of sp³-hybridized carbons (Fsp3) is 0. The van der Waals surface area contributed by atoms with Gasteiger partial charge in [0, 0.05) is 5.69 Å². The van der Waals surface area contributed by atoms with Crippen LogP contribution in [-0.4, -0.2) is 19.5 Å². The molecule has 0 unspecified atom stereocenters. The molecule has 0 saturated carbocycles. The van der Waals surface area contributed by atoms with Crippen LogP contribution in [0.4, 0.5) is 10.1 Å². The van der Waals surface area contributed by atoms with Crippen molar-refractivity contribution in [3.8, 4) is 11.5 Å². The summed E-state index contributed by atoms with van der Waals surface area (Å²) in [5.41, 5.74) is -0.471. The van der Waals surface area contributed by atoms with Gasteiger partial charge in [-0.1, -0.05) is 18.2 Å². The molecule has 0 atom stereocenters. The van der Waals surface area contributed by atoms with E-state index in [1.165, 1.54) is 12.1 Å². The Labute approximate surface area is 154 Å². The second kappa shape index (κ2) is 7.46. The van der Waals surface area contributed by atoms with E-state index in [9.17, 15) is 17.6 Å². The molecule has 0 heterocycles. The van der Waals surface area contributed by atoms with E-state index in [0.717, 1.165) is 18.2 Å². The molecule has 138 valence electrons. The Balaban J connectivity index is 1.78. The zero-order valence-corrected chi connectivity index (χ0v) is 14.6. The number of carboxylic acid groups (broad SMARTS) is 1. The second-order valence-electron chi connectivity index (χ2n) is 5.49. The third kappa shape index (κ3) is 4.42. The molecule has 3 aromatic carbocycles. The van der Waals surface area contributed by atoms with Crippen LogP contribution >= 0.6 is 0 Å². The number of sulfonamides is 1. The number of nitrogens with one attached hydrogen (secondary N) is 1. The van der Waals surface area contributed by atoms with Gasteiger partial charge in [0.15, 0.2) is 0 Å². The fourth-order valence-electron chi connectivity index (χ4n) is 2.27. The van der Waals surface area contributed by atoms with Crippen LogP contribution in [0.5, 0.6) is 11.5 Å². The lowest BCUT2D eigenvalue weighted by molar-refractivity contribution is 0.0691. The topological polar surface area (TPSA) is 92.7 Å². The molecule has 6 nitrogen and oxygen atoms in total. The Bertz CT molecular complexity index is 1070. The Kier molecular flexibility index (Phi) is 5.09. The maximum absolute atomic E-state index is 13.4. The van der Waals surface area contributed by atoms with Crippen molar-refractivity contribution in [3.05, 3.63) is 84.2 Å². The van der Waals surface area contributed by atoms with Gasteiger partial charge in [0.05, 0.1) is 10.5 Å². The number of para-hydroxylation sites is 1. The SMILES string of the molecule is O=C(O)c1cc(S(=O)(=O)Nc2ccc(Oc3ccccc3)cc2)ccc1F. The first-order chi connectivity index (χ1) is 12.8. The summed E-state index contributed by atoms with van der Waals surface area (Å²) in [6.45, 7) is 0. The van der Waals surface area contributed by atoms with E-state index in [-0.39, 0.29) is 10.6 Å². The number of benzene rings is 3. The highest BCUT2D eigenvalue weighted by molar-refractivity contribution is 7.92. The third-order valence-electron chi connectivity index (χ3n) is 3.56. The molecule has 0 fully saturated rings. The molecule has 3 aromatic rings. The van der Waals surface area contributed by atoms with E-state index in [0.29, 0.717) is 11.5 Å². The number of rotatable bonds is 6. The van der Waals surface area contributed by atoms with Crippen molar-refractivity contribution in [2.45, 2.75) is 4.90 Å². The Morgan fingerprint density at radius 2 is 1.56 bits per heavy atom. The van der Waals surface area contributed by atoms with Gasteiger partial charge in [-0.3, -0.25) is 4.72 Å². The molecule has 0 aromatic heterocycles. The number of hydrogen-bond donors (Lipinski definition) is 2. The highest BCUT2D eigenvalue weighted by Crippen LogP contribution is 2.24. The van der Waals surface area contributed by atoms with Crippen molar-refractivity contribution in [1.29, 1.82) is 0 Å². The number of ether oxygens (including phenoxy) is 1. The minimum Gasteiger partial charge on any atom is -0.478 e. The molecule has 0 amide bonds. The van der Waals surface area contributed by atoms with Crippen LogP contribution in [0.2, 0.25) is 0 Å². The normalized spacial score (nSPS) is 11.0. The number of hydrogen-bond acceptors (Lipinski definition) is 4. The summed E-state index contributed by atoms with van der Waals surface area (Å²) in [5, 5.41) is 8.93. The van der Waals surface area contributed by atoms with Gasteiger partial charge < -0.3 is 9.84 Å². The summed E-state index contributed by atoms with van der Waals surface area (Å²) in [4.78, 5) is 10.6. The van der Waals surface area contributed by atoms with E-state index in [2.05, 4.69) is 4.72 Å². The van der Waals surface area contributed by atoms with Crippen molar-refractivity contribution < 1.29 is 27.4 Å². The van der Waals surface area contributed by atoms with Crippen molar-refractivity contribution in [3.63, 3.8) is 0 Å². The average Bonchev–Trinajstić information content (AvgIpc) is 2.64. The van der Waals surface area contributed by atoms with Gasteiger partial charge in [-0.05, 0) is 54.6 Å². The Morgan fingerprint density at radius 3 is 2.19 bits per heavy atom. The first-order valence-corrected chi connectivity index (χ1v) is 9.22. The van der Waals surface area contributed by atoms with Crippen LogP contribution in [0.25, 0.3) is 0 Å². The second-order valence-corrected chi connectivity index (χ2v) is 7.17. The fourth-order valence-corrected chi connectivity index (χ4v) is 3.35.